The van der Waals surface area contributed by atoms with Gasteiger partial charge in [-0.2, -0.15) is 0 Å². The first-order valence-electron chi connectivity index (χ1n) is 6.73. The number of rotatable bonds is 3. The number of nitrogens with zero attached hydrogens (tertiary/aromatic N) is 1. The Morgan fingerprint density at radius 3 is 2.67 bits per heavy atom. The van der Waals surface area contributed by atoms with Crippen molar-refractivity contribution < 1.29 is 19.4 Å². The Kier molecular flexibility index (Phi) is 4.22. The van der Waals surface area contributed by atoms with Gasteiger partial charge in [-0.15, -0.1) is 0 Å². The van der Waals surface area contributed by atoms with Crippen molar-refractivity contribution in [3.8, 4) is 0 Å². The molecule has 0 aliphatic carbocycles. The fourth-order valence-corrected chi connectivity index (χ4v) is 2.90. The SMILES string of the molecule is CC1C(C(=O)O)CCN1C(=O)CC1CCCCO1. The van der Waals surface area contributed by atoms with E-state index in [2.05, 4.69) is 0 Å². The van der Waals surface area contributed by atoms with Gasteiger partial charge in [-0.25, -0.2) is 0 Å². The van der Waals surface area contributed by atoms with Crippen molar-refractivity contribution in [3.05, 3.63) is 0 Å². The second-order valence-corrected chi connectivity index (χ2v) is 5.25. The van der Waals surface area contributed by atoms with Crippen LogP contribution in [-0.4, -0.2) is 47.2 Å². The average molecular weight is 255 g/mol. The van der Waals surface area contributed by atoms with Gasteiger partial charge in [-0.1, -0.05) is 0 Å². The van der Waals surface area contributed by atoms with Gasteiger partial charge in [0.15, 0.2) is 0 Å². The van der Waals surface area contributed by atoms with Crippen LogP contribution in [0.5, 0.6) is 0 Å². The first kappa shape index (κ1) is 13.3. The third kappa shape index (κ3) is 2.83. The molecule has 5 heteroatoms. The Morgan fingerprint density at radius 1 is 1.33 bits per heavy atom. The molecule has 2 aliphatic heterocycles. The van der Waals surface area contributed by atoms with E-state index in [9.17, 15) is 9.59 Å². The summed E-state index contributed by atoms with van der Waals surface area (Å²) in [4.78, 5) is 24.9. The van der Waals surface area contributed by atoms with Crippen LogP contribution >= 0.6 is 0 Å². The smallest absolute Gasteiger partial charge is 0.308 e. The van der Waals surface area contributed by atoms with Crippen LogP contribution in [0.4, 0.5) is 0 Å². The first-order valence-corrected chi connectivity index (χ1v) is 6.73. The van der Waals surface area contributed by atoms with E-state index < -0.39 is 11.9 Å². The molecule has 0 aromatic heterocycles. The summed E-state index contributed by atoms with van der Waals surface area (Å²) < 4.78 is 5.55. The molecular formula is C13H21NO4. The number of ether oxygens (including phenoxy) is 1. The largest absolute Gasteiger partial charge is 0.481 e. The van der Waals surface area contributed by atoms with Crippen molar-refractivity contribution in [2.75, 3.05) is 13.2 Å². The zero-order valence-electron chi connectivity index (χ0n) is 10.8. The van der Waals surface area contributed by atoms with E-state index in [1.807, 2.05) is 6.92 Å². The average Bonchev–Trinajstić information content (AvgIpc) is 2.72. The summed E-state index contributed by atoms with van der Waals surface area (Å²) in [5, 5.41) is 9.04. The van der Waals surface area contributed by atoms with Crippen molar-refractivity contribution in [2.45, 2.75) is 51.2 Å². The number of aliphatic carboxylic acids is 1. The molecule has 0 spiro atoms. The molecule has 18 heavy (non-hydrogen) atoms. The Balaban J connectivity index is 1.87. The lowest BCUT2D eigenvalue weighted by Gasteiger charge is -2.27. The first-order chi connectivity index (χ1) is 8.59. The standard InChI is InChI=1S/C13H21NO4/c1-9-11(13(16)17)5-6-14(9)12(15)8-10-4-2-3-7-18-10/h9-11H,2-8H2,1H3,(H,16,17). The van der Waals surface area contributed by atoms with Crippen molar-refractivity contribution in [1.82, 2.24) is 4.90 Å². The Hall–Kier alpha value is -1.10. The van der Waals surface area contributed by atoms with Gasteiger partial charge in [0.2, 0.25) is 5.91 Å². The number of likely N-dealkylation sites (tertiary alicyclic amines) is 1. The lowest BCUT2D eigenvalue weighted by Crippen LogP contribution is -2.39. The van der Waals surface area contributed by atoms with E-state index >= 15 is 0 Å². The Morgan fingerprint density at radius 2 is 2.11 bits per heavy atom. The van der Waals surface area contributed by atoms with Crippen molar-refractivity contribution in [1.29, 1.82) is 0 Å². The monoisotopic (exact) mass is 255 g/mol. The van der Waals surface area contributed by atoms with Crippen molar-refractivity contribution >= 4 is 11.9 Å². The molecule has 0 aromatic carbocycles. The van der Waals surface area contributed by atoms with Gasteiger partial charge < -0.3 is 14.7 Å². The molecule has 0 bridgehead atoms. The molecule has 5 nitrogen and oxygen atoms in total. The number of carbonyl (C=O) groups is 2. The number of carboxylic acids is 1. The van der Waals surface area contributed by atoms with E-state index in [1.54, 1.807) is 4.90 Å². The highest BCUT2D eigenvalue weighted by Crippen LogP contribution is 2.26. The topological polar surface area (TPSA) is 66.8 Å². The van der Waals surface area contributed by atoms with Crippen LogP contribution in [0.25, 0.3) is 0 Å². The van der Waals surface area contributed by atoms with Crippen LogP contribution in [0.3, 0.4) is 0 Å². The summed E-state index contributed by atoms with van der Waals surface area (Å²) in [5.74, 6) is -1.17. The minimum Gasteiger partial charge on any atom is -0.481 e. The summed E-state index contributed by atoms with van der Waals surface area (Å²) in [6.45, 7) is 3.13. The highest BCUT2D eigenvalue weighted by molar-refractivity contribution is 5.79. The summed E-state index contributed by atoms with van der Waals surface area (Å²) in [7, 11) is 0. The number of hydrogen-bond acceptors (Lipinski definition) is 3. The quantitative estimate of drug-likeness (QED) is 0.824. The maximum Gasteiger partial charge on any atom is 0.308 e. The number of carboxylic acid groups (broad SMARTS) is 1. The molecular weight excluding hydrogens is 234 g/mol. The van der Waals surface area contributed by atoms with Crippen molar-refractivity contribution in [3.63, 3.8) is 0 Å². The number of hydrogen-bond donors (Lipinski definition) is 1. The van der Waals surface area contributed by atoms with E-state index in [4.69, 9.17) is 9.84 Å². The Bertz CT molecular complexity index is 325. The zero-order chi connectivity index (χ0) is 13.1. The molecule has 0 aromatic rings. The van der Waals surface area contributed by atoms with Gasteiger partial charge in [-0.3, -0.25) is 9.59 Å². The molecule has 0 radical (unpaired) electrons. The predicted octanol–water partition coefficient (Wildman–Crippen LogP) is 1.27. The molecule has 2 heterocycles. The Labute approximate surface area is 107 Å². The van der Waals surface area contributed by atoms with E-state index in [-0.39, 0.29) is 18.1 Å². The van der Waals surface area contributed by atoms with Crippen LogP contribution in [0.2, 0.25) is 0 Å². The summed E-state index contributed by atoms with van der Waals surface area (Å²) in [5.41, 5.74) is 0. The molecule has 3 atom stereocenters. The second kappa shape index (κ2) is 5.69. The summed E-state index contributed by atoms with van der Waals surface area (Å²) in [6, 6.07) is -0.196. The molecule has 1 N–H and O–H groups in total. The maximum atomic E-state index is 12.1. The number of amides is 1. The lowest BCUT2D eigenvalue weighted by molar-refractivity contribution is -0.143. The highest BCUT2D eigenvalue weighted by Gasteiger charge is 2.38. The van der Waals surface area contributed by atoms with Gasteiger partial charge in [0.25, 0.3) is 0 Å². The van der Waals surface area contributed by atoms with Crippen LogP contribution in [0.15, 0.2) is 0 Å². The summed E-state index contributed by atoms with van der Waals surface area (Å²) >= 11 is 0. The van der Waals surface area contributed by atoms with Gasteiger partial charge in [0, 0.05) is 19.2 Å². The molecule has 2 saturated heterocycles. The molecule has 2 aliphatic rings. The van der Waals surface area contributed by atoms with Crippen LogP contribution in [-0.2, 0) is 14.3 Å². The fraction of sp³-hybridized carbons (Fsp3) is 0.846. The maximum absolute atomic E-state index is 12.1. The normalized spacial score (nSPS) is 32.5. The van der Waals surface area contributed by atoms with Gasteiger partial charge in [-0.05, 0) is 32.6 Å². The summed E-state index contributed by atoms with van der Waals surface area (Å²) in [6.07, 6.45) is 4.13. The zero-order valence-corrected chi connectivity index (χ0v) is 10.8. The predicted molar refractivity (Wildman–Crippen MR) is 65.1 cm³/mol. The molecule has 1 amide bonds. The van der Waals surface area contributed by atoms with E-state index in [0.29, 0.717) is 19.4 Å². The van der Waals surface area contributed by atoms with Crippen LogP contribution in [0, 0.1) is 5.92 Å². The van der Waals surface area contributed by atoms with Gasteiger partial charge in [0.05, 0.1) is 18.4 Å². The van der Waals surface area contributed by atoms with E-state index in [0.717, 1.165) is 25.9 Å². The van der Waals surface area contributed by atoms with Crippen LogP contribution in [0.1, 0.15) is 39.0 Å². The number of carbonyl (C=O) groups excluding carboxylic acids is 1. The molecule has 0 saturated carbocycles. The third-order valence-electron chi connectivity index (χ3n) is 4.07. The lowest BCUT2D eigenvalue weighted by atomic mass is 10.0. The third-order valence-corrected chi connectivity index (χ3v) is 4.07. The minimum atomic E-state index is -0.799. The molecule has 2 fully saturated rings. The van der Waals surface area contributed by atoms with Gasteiger partial charge >= 0.3 is 5.97 Å². The fourth-order valence-electron chi connectivity index (χ4n) is 2.90. The van der Waals surface area contributed by atoms with Crippen molar-refractivity contribution in [2.24, 2.45) is 5.92 Å². The molecule has 102 valence electrons. The molecule has 2 rings (SSSR count). The second-order valence-electron chi connectivity index (χ2n) is 5.25. The molecule has 3 unspecified atom stereocenters. The van der Waals surface area contributed by atoms with Crippen LogP contribution < -0.4 is 0 Å². The highest BCUT2D eigenvalue weighted by atomic mass is 16.5. The van der Waals surface area contributed by atoms with E-state index in [1.165, 1.54) is 0 Å². The minimum absolute atomic E-state index is 0.0299. The van der Waals surface area contributed by atoms with Gasteiger partial charge in [0.1, 0.15) is 0 Å².